The zero-order valence-corrected chi connectivity index (χ0v) is 15.8. The first-order chi connectivity index (χ1) is 13.1. The summed E-state index contributed by atoms with van der Waals surface area (Å²) in [5.41, 5.74) is 15.9. The van der Waals surface area contributed by atoms with Crippen molar-refractivity contribution >= 4 is 0 Å². The van der Waals surface area contributed by atoms with Crippen LogP contribution >= 0.6 is 0 Å². The molecule has 0 heterocycles. The lowest BCUT2D eigenvalue weighted by Crippen LogP contribution is -2.54. The van der Waals surface area contributed by atoms with Crippen molar-refractivity contribution in [2.75, 3.05) is 14.2 Å². The van der Waals surface area contributed by atoms with Crippen LogP contribution in [-0.4, -0.2) is 20.3 Å². The first-order valence-corrected chi connectivity index (χ1v) is 8.95. The van der Waals surface area contributed by atoms with Crippen LogP contribution < -0.4 is 20.9 Å². The topological polar surface area (TPSA) is 70.5 Å². The molecule has 0 fully saturated rings. The highest BCUT2D eigenvalue weighted by molar-refractivity contribution is 5.44. The van der Waals surface area contributed by atoms with Gasteiger partial charge in [0.25, 0.3) is 0 Å². The second kappa shape index (κ2) is 8.25. The van der Waals surface area contributed by atoms with E-state index in [0.29, 0.717) is 6.42 Å². The Morgan fingerprint density at radius 2 is 1.19 bits per heavy atom. The van der Waals surface area contributed by atoms with E-state index in [2.05, 4.69) is 12.1 Å². The normalized spacial score (nSPS) is 12.4. The first kappa shape index (κ1) is 19.0. The van der Waals surface area contributed by atoms with Gasteiger partial charge in [-0.2, -0.15) is 0 Å². The van der Waals surface area contributed by atoms with Crippen LogP contribution in [0, 0.1) is 0 Å². The number of benzene rings is 3. The Morgan fingerprint density at radius 3 is 1.59 bits per heavy atom. The average Bonchev–Trinajstić information content (AvgIpc) is 2.74. The molecule has 0 aliphatic rings. The molecule has 0 radical (unpaired) electrons. The molecule has 140 valence electrons. The Kier molecular flexibility index (Phi) is 5.79. The van der Waals surface area contributed by atoms with Crippen molar-refractivity contribution in [1.29, 1.82) is 0 Å². The summed E-state index contributed by atoms with van der Waals surface area (Å²) in [4.78, 5) is 0. The molecule has 0 saturated carbocycles. The Morgan fingerprint density at radius 1 is 0.741 bits per heavy atom. The number of hydrogen-bond donors (Lipinski definition) is 2. The van der Waals surface area contributed by atoms with Crippen LogP contribution in [0.15, 0.2) is 78.9 Å². The van der Waals surface area contributed by atoms with Gasteiger partial charge in [0.1, 0.15) is 11.5 Å². The summed E-state index contributed by atoms with van der Waals surface area (Å²) >= 11 is 0. The molecule has 1 atom stereocenters. The molecule has 0 saturated heterocycles. The second-order valence-electron chi connectivity index (χ2n) is 6.62. The highest BCUT2D eigenvalue weighted by atomic mass is 16.5. The summed E-state index contributed by atoms with van der Waals surface area (Å²) in [5.74, 6) is 1.57. The molecule has 0 bridgehead atoms. The Balaban J connectivity index is 2.03. The van der Waals surface area contributed by atoms with E-state index in [4.69, 9.17) is 20.9 Å². The molecule has 4 N–H and O–H groups in total. The predicted octanol–water partition coefficient (Wildman–Crippen LogP) is 3.48. The Labute approximate surface area is 160 Å². The smallest absolute Gasteiger partial charge is 0.118 e. The minimum atomic E-state index is -0.853. The summed E-state index contributed by atoms with van der Waals surface area (Å²) in [6.07, 6.45) is 0.662. The van der Waals surface area contributed by atoms with Crippen LogP contribution in [0.1, 0.15) is 16.7 Å². The van der Waals surface area contributed by atoms with Crippen molar-refractivity contribution in [2.45, 2.75) is 18.0 Å². The van der Waals surface area contributed by atoms with E-state index >= 15 is 0 Å². The van der Waals surface area contributed by atoms with Crippen LogP contribution in [0.25, 0.3) is 0 Å². The number of methoxy groups -OCH3 is 2. The molecule has 0 aliphatic heterocycles. The Hall–Kier alpha value is -2.82. The van der Waals surface area contributed by atoms with E-state index in [1.165, 1.54) is 0 Å². The third-order valence-corrected chi connectivity index (χ3v) is 5.02. The molecular weight excluding hydrogens is 336 g/mol. The van der Waals surface area contributed by atoms with Crippen LogP contribution in [0.5, 0.6) is 11.5 Å². The van der Waals surface area contributed by atoms with E-state index in [1.807, 2.05) is 66.7 Å². The number of ether oxygens (including phenoxy) is 2. The SMILES string of the molecule is COc1ccc(C(N)(c2ccc(OC)cc2)C(N)Cc2ccccc2)cc1. The van der Waals surface area contributed by atoms with E-state index in [9.17, 15) is 0 Å². The monoisotopic (exact) mass is 362 g/mol. The van der Waals surface area contributed by atoms with Gasteiger partial charge in [0, 0.05) is 6.04 Å². The highest BCUT2D eigenvalue weighted by Crippen LogP contribution is 2.33. The zero-order valence-electron chi connectivity index (χ0n) is 15.8. The highest BCUT2D eigenvalue weighted by Gasteiger charge is 2.36. The summed E-state index contributed by atoms with van der Waals surface area (Å²) in [6.45, 7) is 0. The van der Waals surface area contributed by atoms with Crippen molar-refractivity contribution in [3.8, 4) is 11.5 Å². The third kappa shape index (κ3) is 3.97. The second-order valence-corrected chi connectivity index (χ2v) is 6.62. The lowest BCUT2D eigenvalue weighted by molar-refractivity contribution is 0.403. The fourth-order valence-corrected chi connectivity index (χ4v) is 3.36. The lowest BCUT2D eigenvalue weighted by atomic mass is 9.76. The molecule has 3 rings (SSSR count). The zero-order chi connectivity index (χ0) is 19.3. The van der Waals surface area contributed by atoms with Crippen molar-refractivity contribution in [3.63, 3.8) is 0 Å². The van der Waals surface area contributed by atoms with Crippen LogP contribution in [0.4, 0.5) is 0 Å². The molecule has 0 spiro atoms. The first-order valence-electron chi connectivity index (χ1n) is 8.95. The lowest BCUT2D eigenvalue weighted by Gasteiger charge is -2.37. The van der Waals surface area contributed by atoms with E-state index in [1.54, 1.807) is 14.2 Å². The average molecular weight is 362 g/mol. The van der Waals surface area contributed by atoms with Crippen LogP contribution in [0.3, 0.4) is 0 Å². The van der Waals surface area contributed by atoms with Gasteiger partial charge in [-0.05, 0) is 47.4 Å². The summed E-state index contributed by atoms with van der Waals surface area (Å²) in [7, 11) is 3.30. The van der Waals surface area contributed by atoms with Gasteiger partial charge in [-0.15, -0.1) is 0 Å². The quantitative estimate of drug-likeness (QED) is 0.675. The summed E-state index contributed by atoms with van der Waals surface area (Å²) in [6, 6.07) is 25.4. The van der Waals surface area contributed by atoms with Crippen molar-refractivity contribution in [3.05, 3.63) is 95.6 Å². The molecule has 0 amide bonds. The van der Waals surface area contributed by atoms with Gasteiger partial charge in [-0.1, -0.05) is 54.6 Å². The fourth-order valence-electron chi connectivity index (χ4n) is 3.36. The molecule has 3 aromatic rings. The summed E-state index contributed by atoms with van der Waals surface area (Å²) < 4.78 is 10.6. The van der Waals surface area contributed by atoms with Crippen molar-refractivity contribution in [2.24, 2.45) is 11.5 Å². The van der Waals surface area contributed by atoms with Crippen molar-refractivity contribution in [1.82, 2.24) is 0 Å². The largest absolute Gasteiger partial charge is 0.497 e. The van der Waals surface area contributed by atoms with Gasteiger partial charge in [0.05, 0.1) is 19.8 Å². The fraction of sp³-hybridized carbons (Fsp3) is 0.217. The number of rotatable bonds is 7. The molecule has 0 aromatic heterocycles. The molecular formula is C23H26N2O2. The number of hydrogen-bond acceptors (Lipinski definition) is 4. The maximum absolute atomic E-state index is 7.01. The minimum absolute atomic E-state index is 0.318. The minimum Gasteiger partial charge on any atom is -0.497 e. The molecule has 3 aromatic carbocycles. The molecule has 4 nitrogen and oxygen atoms in total. The van der Waals surface area contributed by atoms with E-state index in [-0.39, 0.29) is 6.04 Å². The summed E-state index contributed by atoms with van der Waals surface area (Å²) in [5, 5.41) is 0. The van der Waals surface area contributed by atoms with Gasteiger partial charge < -0.3 is 20.9 Å². The predicted molar refractivity (Wildman–Crippen MR) is 109 cm³/mol. The van der Waals surface area contributed by atoms with Gasteiger partial charge in [0.15, 0.2) is 0 Å². The molecule has 4 heteroatoms. The standard InChI is InChI=1S/C23H26N2O2/c1-26-20-12-8-18(9-13-20)23(25,19-10-14-21(27-2)15-11-19)22(24)16-17-6-4-3-5-7-17/h3-15,22H,16,24-25H2,1-2H3. The third-order valence-electron chi connectivity index (χ3n) is 5.02. The Bertz CT molecular complexity index is 798. The molecule has 0 aliphatic carbocycles. The maximum Gasteiger partial charge on any atom is 0.118 e. The van der Waals surface area contributed by atoms with E-state index < -0.39 is 5.54 Å². The molecule has 27 heavy (non-hydrogen) atoms. The van der Waals surface area contributed by atoms with Gasteiger partial charge >= 0.3 is 0 Å². The maximum atomic E-state index is 7.01. The molecule has 1 unspecified atom stereocenters. The van der Waals surface area contributed by atoms with Crippen LogP contribution in [-0.2, 0) is 12.0 Å². The van der Waals surface area contributed by atoms with E-state index in [0.717, 1.165) is 28.2 Å². The van der Waals surface area contributed by atoms with Crippen LogP contribution in [0.2, 0.25) is 0 Å². The van der Waals surface area contributed by atoms with Crippen molar-refractivity contribution < 1.29 is 9.47 Å². The van der Waals surface area contributed by atoms with Gasteiger partial charge in [-0.25, -0.2) is 0 Å². The van der Waals surface area contributed by atoms with Gasteiger partial charge in [0.2, 0.25) is 0 Å². The van der Waals surface area contributed by atoms with Gasteiger partial charge in [-0.3, -0.25) is 0 Å². The number of nitrogens with two attached hydrogens (primary N) is 2.